The summed E-state index contributed by atoms with van der Waals surface area (Å²) in [6.07, 6.45) is 0. The molecule has 0 unspecified atom stereocenters. The highest BCUT2D eigenvalue weighted by Crippen LogP contribution is 2.27. The number of nitrogens with one attached hydrogen (secondary N) is 2. The van der Waals surface area contributed by atoms with E-state index in [2.05, 4.69) is 10.6 Å². The van der Waals surface area contributed by atoms with Gasteiger partial charge in [-0.3, -0.25) is 39.9 Å². The Bertz CT molecular complexity index is 1220. The summed E-state index contributed by atoms with van der Waals surface area (Å²) in [5, 5.41) is 38.2. The van der Waals surface area contributed by atoms with Crippen LogP contribution in [0.15, 0.2) is 66.7 Å². The van der Waals surface area contributed by atoms with Crippen LogP contribution in [0.4, 0.5) is 28.4 Å². The minimum Gasteiger partial charge on any atom is -0.316 e. The SMILES string of the molecule is O=C(Nc1ccccc1[N+](=O)[O-])c1cc(C(=O)Nc2ccccc2[N+](=O)[O-])cc([N+](=O)[O-])c1. The number of hydrogen-bond donors (Lipinski definition) is 2. The first-order valence-electron chi connectivity index (χ1n) is 9.06. The van der Waals surface area contributed by atoms with Gasteiger partial charge in [-0.05, 0) is 18.2 Å². The molecule has 3 aromatic rings. The number of nitro groups is 3. The molecule has 13 nitrogen and oxygen atoms in total. The summed E-state index contributed by atoms with van der Waals surface area (Å²) in [5.41, 5.74) is -2.34. The van der Waals surface area contributed by atoms with E-state index in [0.717, 1.165) is 30.3 Å². The fourth-order valence-electron chi connectivity index (χ4n) is 2.84. The molecule has 0 aliphatic heterocycles. The summed E-state index contributed by atoms with van der Waals surface area (Å²) in [6.45, 7) is 0. The Balaban J connectivity index is 1.96. The lowest BCUT2D eigenvalue weighted by molar-refractivity contribution is -0.384. The molecule has 0 spiro atoms. The van der Waals surface area contributed by atoms with Crippen LogP contribution in [0.3, 0.4) is 0 Å². The van der Waals surface area contributed by atoms with Crippen LogP contribution in [0.2, 0.25) is 0 Å². The predicted molar refractivity (Wildman–Crippen MR) is 115 cm³/mol. The largest absolute Gasteiger partial charge is 0.316 e. The van der Waals surface area contributed by atoms with Crippen LogP contribution < -0.4 is 10.6 Å². The van der Waals surface area contributed by atoms with Gasteiger partial charge in [0, 0.05) is 35.4 Å². The molecule has 0 saturated heterocycles. The summed E-state index contributed by atoms with van der Waals surface area (Å²) in [6, 6.07) is 13.4. The molecular formula is C20H13N5O8. The third kappa shape index (κ3) is 5.11. The number of carbonyl (C=O) groups excluding carboxylic acids is 2. The highest BCUT2D eigenvalue weighted by Gasteiger charge is 2.22. The van der Waals surface area contributed by atoms with E-state index in [4.69, 9.17) is 0 Å². The Kier molecular flexibility index (Phi) is 6.34. The number of nitrogens with zero attached hydrogens (tertiary/aromatic N) is 3. The third-order valence-electron chi connectivity index (χ3n) is 4.35. The van der Waals surface area contributed by atoms with Crippen molar-refractivity contribution in [2.75, 3.05) is 10.6 Å². The van der Waals surface area contributed by atoms with Gasteiger partial charge in [-0.2, -0.15) is 0 Å². The molecule has 0 bridgehead atoms. The van der Waals surface area contributed by atoms with Gasteiger partial charge >= 0.3 is 0 Å². The highest BCUT2D eigenvalue weighted by atomic mass is 16.6. The number of non-ortho nitro benzene ring substituents is 1. The van der Waals surface area contributed by atoms with Crippen molar-refractivity contribution in [1.29, 1.82) is 0 Å². The fourth-order valence-corrected chi connectivity index (χ4v) is 2.84. The fraction of sp³-hybridized carbons (Fsp3) is 0. The zero-order valence-electron chi connectivity index (χ0n) is 16.5. The van der Waals surface area contributed by atoms with Crippen LogP contribution in [0, 0.1) is 30.3 Å². The number of para-hydroxylation sites is 4. The molecule has 0 heterocycles. The molecule has 0 radical (unpaired) electrons. The quantitative estimate of drug-likeness (QED) is 0.399. The second-order valence-corrected chi connectivity index (χ2v) is 6.48. The lowest BCUT2D eigenvalue weighted by atomic mass is 10.1. The topological polar surface area (TPSA) is 188 Å². The van der Waals surface area contributed by atoms with Crippen molar-refractivity contribution < 1.29 is 24.4 Å². The van der Waals surface area contributed by atoms with E-state index in [1.165, 1.54) is 36.4 Å². The van der Waals surface area contributed by atoms with Crippen LogP contribution in [-0.4, -0.2) is 26.6 Å². The normalized spacial score (nSPS) is 10.2. The Morgan fingerprint density at radius 3 is 1.36 bits per heavy atom. The van der Waals surface area contributed by atoms with Crippen LogP contribution in [0.1, 0.15) is 20.7 Å². The van der Waals surface area contributed by atoms with Crippen molar-refractivity contribution in [2.45, 2.75) is 0 Å². The van der Waals surface area contributed by atoms with E-state index in [0.29, 0.717) is 0 Å². The smallest absolute Gasteiger partial charge is 0.292 e. The molecule has 2 amide bonds. The van der Waals surface area contributed by atoms with E-state index in [1.807, 2.05) is 0 Å². The molecule has 0 fully saturated rings. The number of carbonyl (C=O) groups is 2. The van der Waals surface area contributed by atoms with Crippen LogP contribution in [0.25, 0.3) is 0 Å². The first-order valence-corrected chi connectivity index (χ1v) is 9.06. The summed E-state index contributed by atoms with van der Waals surface area (Å²) >= 11 is 0. The summed E-state index contributed by atoms with van der Waals surface area (Å²) in [7, 11) is 0. The molecule has 166 valence electrons. The van der Waals surface area contributed by atoms with E-state index in [1.54, 1.807) is 0 Å². The Morgan fingerprint density at radius 1 is 0.606 bits per heavy atom. The number of amides is 2. The first-order chi connectivity index (χ1) is 15.7. The van der Waals surface area contributed by atoms with Gasteiger partial charge in [0.05, 0.1) is 14.8 Å². The van der Waals surface area contributed by atoms with Gasteiger partial charge in [0.1, 0.15) is 11.4 Å². The van der Waals surface area contributed by atoms with Crippen molar-refractivity contribution in [3.63, 3.8) is 0 Å². The molecule has 0 atom stereocenters. The molecule has 13 heteroatoms. The molecular weight excluding hydrogens is 438 g/mol. The maximum atomic E-state index is 12.7. The standard InChI is InChI=1S/C20H13N5O8/c26-19(21-15-5-1-3-7-17(15)24(30)31)12-9-13(11-14(10-12)23(28)29)20(27)22-16-6-2-4-8-18(16)25(32)33/h1-11H,(H,21,26)(H,22,27). The molecule has 0 saturated carbocycles. The van der Waals surface area contributed by atoms with Crippen LogP contribution in [0.5, 0.6) is 0 Å². The first kappa shape index (κ1) is 22.5. The molecule has 3 aromatic carbocycles. The molecule has 0 aromatic heterocycles. The third-order valence-corrected chi connectivity index (χ3v) is 4.35. The summed E-state index contributed by atoms with van der Waals surface area (Å²) in [5.74, 6) is -1.87. The number of rotatable bonds is 7. The molecule has 0 aliphatic carbocycles. The summed E-state index contributed by atoms with van der Waals surface area (Å²) < 4.78 is 0. The van der Waals surface area contributed by atoms with E-state index in [9.17, 15) is 39.9 Å². The monoisotopic (exact) mass is 451 g/mol. The lowest BCUT2D eigenvalue weighted by Gasteiger charge is -2.09. The second-order valence-electron chi connectivity index (χ2n) is 6.48. The maximum Gasteiger partial charge on any atom is 0.292 e. The minimum absolute atomic E-state index is 0.148. The summed E-state index contributed by atoms with van der Waals surface area (Å²) in [4.78, 5) is 56.7. The molecule has 0 aliphatic rings. The average molecular weight is 451 g/mol. The number of benzene rings is 3. The van der Waals surface area contributed by atoms with Gasteiger partial charge in [0.15, 0.2) is 0 Å². The number of nitro benzene ring substituents is 3. The van der Waals surface area contributed by atoms with E-state index in [-0.39, 0.29) is 22.5 Å². The molecule has 2 N–H and O–H groups in total. The molecule has 3 rings (SSSR count). The zero-order chi connectivity index (χ0) is 24.1. The van der Waals surface area contributed by atoms with Crippen molar-refractivity contribution in [3.05, 3.63) is 108 Å². The van der Waals surface area contributed by atoms with Crippen molar-refractivity contribution in [1.82, 2.24) is 0 Å². The highest BCUT2D eigenvalue weighted by molar-refractivity contribution is 6.10. The van der Waals surface area contributed by atoms with Gasteiger partial charge in [-0.15, -0.1) is 0 Å². The Morgan fingerprint density at radius 2 is 1.00 bits per heavy atom. The van der Waals surface area contributed by atoms with Gasteiger partial charge in [0.2, 0.25) is 0 Å². The van der Waals surface area contributed by atoms with Gasteiger partial charge in [-0.25, -0.2) is 0 Å². The predicted octanol–water partition coefficient (Wildman–Crippen LogP) is 3.92. The van der Waals surface area contributed by atoms with Gasteiger partial charge < -0.3 is 10.6 Å². The average Bonchev–Trinajstić information content (AvgIpc) is 2.79. The van der Waals surface area contributed by atoms with Crippen LogP contribution >= 0.6 is 0 Å². The zero-order valence-corrected chi connectivity index (χ0v) is 16.5. The molecule has 33 heavy (non-hydrogen) atoms. The second kappa shape index (κ2) is 9.30. The van der Waals surface area contributed by atoms with Crippen LogP contribution in [-0.2, 0) is 0 Å². The Labute approximate surface area is 184 Å². The number of hydrogen-bond acceptors (Lipinski definition) is 8. The van der Waals surface area contributed by atoms with Crippen molar-refractivity contribution in [3.8, 4) is 0 Å². The Hall–Kier alpha value is -5.20. The lowest BCUT2D eigenvalue weighted by Crippen LogP contribution is -2.17. The number of anilines is 2. The van der Waals surface area contributed by atoms with Crippen molar-refractivity contribution >= 4 is 40.3 Å². The van der Waals surface area contributed by atoms with Gasteiger partial charge in [-0.1, -0.05) is 24.3 Å². The van der Waals surface area contributed by atoms with Crippen molar-refractivity contribution in [2.24, 2.45) is 0 Å². The van der Waals surface area contributed by atoms with E-state index >= 15 is 0 Å². The van der Waals surface area contributed by atoms with Gasteiger partial charge in [0.25, 0.3) is 28.9 Å². The maximum absolute atomic E-state index is 12.7. The van der Waals surface area contributed by atoms with E-state index < -0.39 is 43.6 Å². The minimum atomic E-state index is -0.937.